The molecule has 2 aliphatic rings. The maximum absolute atomic E-state index is 12.8. The molecular weight excluding hydrogens is 298 g/mol. The first-order valence-electron chi connectivity index (χ1n) is 8.03. The maximum Gasteiger partial charge on any atom is 0.241 e. The van der Waals surface area contributed by atoms with Gasteiger partial charge in [-0.25, -0.2) is 0 Å². The molecule has 1 amide bonds. The number of aryl methyl sites for hydroxylation is 1. The van der Waals surface area contributed by atoms with Gasteiger partial charge >= 0.3 is 0 Å². The van der Waals surface area contributed by atoms with Crippen LogP contribution in [0.3, 0.4) is 0 Å². The van der Waals surface area contributed by atoms with E-state index in [4.69, 9.17) is 5.73 Å². The molecule has 1 fully saturated rings. The molecule has 0 spiro atoms. The van der Waals surface area contributed by atoms with E-state index in [-0.39, 0.29) is 18.3 Å². The number of hydrogen-bond donors (Lipinski definition) is 1. The SMILES string of the molecule is CC1CCc2ccccc2N1C(=O)CN1CCC(N)CC1.Cl. The van der Waals surface area contributed by atoms with Crippen molar-refractivity contribution in [2.24, 2.45) is 5.73 Å². The van der Waals surface area contributed by atoms with E-state index in [1.165, 1.54) is 5.56 Å². The zero-order valence-electron chi connectivity index (χ0n) is 13.2. The van der Waals surface area contributed by atoms with Gasteiger partial charge in [-0.2, -0.15) is 0 Å². The Morgan fingerprint density at radius 3 is 2.64 bits per heavy atom. The van der Waals surface area contributed by atoms with E-state index in [2.05, 4.69) is 30.0 Å². The van der Waals surface area contributed by atoms with Gasteiger partial charge in [0.25, 0.3) is 0 Å². The average Bonchev–Trinajstić information content (AvgIpc) is 2.49. The third-order valence-corrected chi connectivity index (χ3v) is 4.78. The lowest BCUT2D eigenvalue weighted by Gasteiger charge is -2.37. The van der Waals surface area contributed by atoms with E-state index < -0.39 is 0 Å². The number of rotatable bonds is 2. The lowest BCUT2D eigenvalue weighted by atomic mass is 9.96. The molecule has 2 N–H and O–H groups in total. The van der Waals surface area contributed by atoms with Gasteiger partial charge in [-0.1, -0.05) is 18.2 Å². The predicted octanol–water partition coefficient (Wildman–Crippen LogP) is 2.20. The highest BCUT2D eigenvalue weighted by Crippen LogP contribution is 2.30. The van der Waals surface area contributed by atoms with Crippen molar-refractivity contribution >= 4 is 24.0 Å². The molecule has 0 aromatic heterocycles. The number of fused-ring (bicyclic) bond motifs is 1. The molecule has 0 radical (unpaired) electrons. The lowest BCUT2D eigenvalue weighted by Crippen LogP contribution is -2.49. The van der Waals surface area contributed by atoms with Crippen molar-refractivity contribution in [3.63, 3.8) is 0 Å². The van der Waals surface area contributed by atoms with E-state index >= 15 is 0 Å². The number of carbonyl (C=O) groups excluding carboxylic acids is 1. The molecule has 5 heteroatoms. The summed E-state index contributed by atoms with van der Waals surface area (Å²) in [7, 11) is 0. The number of benzene rings is 1. The monoisotopic (exact) mass is 323 g/mol. The molecule has 1 aromatic rings. The Hall–Kier alpha value is -1.10. The number of para-hydroxylation sites is 1. The highest BCUT2D eigenvalue weighted by molar-refractivity contribution is 5.96. The first-order chi connectivity index (χ1) is 10.1. The highest BCUT2D eigenvalue weighted by atomic mass is 35.5. The minimum atomic E-state index is 0. The van der Waals surface area contributed by atoms with Crippen molar-refractivity contribution in [2.75, 3.05) is 24.5 Å². The molecule has 0 bridgehead atoms. The number of anilines is 1. The average molecular weight is 324 g/mol. The smallest absolute Gasteiger partial charge is 0.241 e. The van der Waals surface area contributed by atoms with Crippen molar-refractivity contribution in [3.8, 4) is 0 Å². The standard InChI is InChI=1S/C17H25N3O.ClH/c1-13-6-7-14-4-2-3-5-16(14)20(13)17(21)12-19-10-8-15(18)9-11-19;/h2-5,13,15H,6-12,18H2,1H3;1H. The van der Waals surface area contributed by atoms with E-state index in [9.17, 15) is 4.79 Å². The summed E-state index contributed by atoms with van der Waals surface area (Å²) in [4.78, 5) is 17.0. The molecule has 3 rings (SSSR count). The summed E-state index contributed by atoms with van der Waals surface area (Å²) < 4.78 is 0. The molecule has 1 aromatic carbocycles. The Bertz CT molecular complexity index is 514. The Morgan fingerprint density at radius 1 is 1.23 bits per heavy atom. The Balaban J connectivity index is 0.00000176. The van der Waals surface area contributed by atoms with Crippen LogP contribution in [0.15, 0.2) is 24.3 Å². The fraction of sp³-hybridized carbons (Fsp3) is 0.588. The fourth-order valence-electron chi connectivity index (χ4n) is 3.45. The second kappa shape index (κ2) is 7.44. The third kappa shape index (κ3) is 3.62. The molecule has 22 heavy (non-hydrogen) atoms. The van der Waals surface area contributed by atoms with Crippen LogP contribution in [-0.2, 0) is 11.2 Å². The van der Waals surface area contributed by atoms with Gasteiger partial charge in [0.15, 0.2) is 0 Å². The molecule has 1 saturated heterocycles. The maximum atomic E-state index is 12.8. The summed E-state index contributed by atoms with van der Waals surface area (Å²) in [5.41, 5.74) is 8.34. The molecule has 1 atom stereocenters. The molecule has 1 unspecified atom stereocenters. The van der Waals surface area contributed by atoms with Crippen LogP contribution in [0.5, 0.6) is 0 Å². The zero-order valence-corrected chi connectivity index (χ0v) is 14.0. The van der Waals surface area contributed by atoms with Crippen molar-refractivity contribution in [1.82, 2.24) is 4.90 Å². The normalized spacial score (nSPS) is 22.8. The second-order valence-corrected chi connectivity index (χ2v) is 6.39. The largest absolute Gasteiger partial charge is 0.328 e. The van der Waals surface area contributed by atoms with Crippen LogP contribution in [-0.4, -0.2) is 42.5 Å². The molecule has 2 heterocycles. The van der Waals surface area contributed by atoms with Crippen molar-refractivity contribution < 1.29 is 4.79 Å². The van der Waals surface area contributed by atoms with Crippen LogP contribution in [0.1, 0.15) is 31.7 Å². The predicted molar refractivity (Wildman–Crippen MR) is 92.6 cm³/mol. The molecule has 2 aliphatic heterocycles. The summed E-state index contributed by atoms with van der Waals surface area (Å²) in [5, 5.41) is 0. The minimum Gasteiger partial charge on any atom is -0.328 e. The van der Waals surface area contributed by atoms with Crippen molar-refractivity contribution in [1.29, 1.82) is 0 Å². The minimum absolute atomic E-state index is 0. The van der Waals surface area contributed by atoms with Crippen LogP contribution in [0.4, 0.5) is 5.69 Å². The fourth-order valence-corrected chi connectivity index (χ4v) is 3.45. The van der Waals surface area contributed by atoms with Crippen molar-refractivity contribution in [3.05, 3.63) is 29.8 Å². The quantitative estimate of drug-likeness (QED) is 0.907. The van der Waals surface area contributed by atoms with Gasteiger partial charge in [0, 0.05) is 30.9 Å². The van der Waals surface area contributed by atoms with Gasteiger partial charge in [-0.15, -0.1) is 12.4 Å². The lowest BCUT2D eigenvalue weighted by molar-refractivity contribution is -0.120. The van der Waals surface area contributed by atoms with E-state index in [1.54, 1.807) is 0 Å². The summed E-state index contributed by atoms with van der Waals surface area (Å²) in [6, 6.07) is 8.90. The Kier molecular flexibility index (Phi) is 5.84. The first kappa shape index (κ1) is 17.3. The second-order valence-electron chi connectivity index (χ2n) is 6.39. The van der Waals surface area contributed by atoms with Crippen LogP contribution in [0, 0.1) is 0 Å². The zero-order chi connectivity index (χ0) is 14.8. The number of hydrogen-bond acceptors (Lipinski definition) is 3. The van der Waals surface area contributed by atoms with E-state index in [0.29, 0.717) is 18.6 Å². The van der Waals surface area contributed by atoms with Crippen LogP contribution in [0.25, 0.3) is 0 Å². The van der Waals surface area contributed by atoms with Gasteiger partial charge in [-0.3, -0.25) is 9.69 Å². The summed E-state index contributed by atoms with van der Waals surface area (Å²) in [6.45, 7) is 4.55. The molecular formula is C17H26ClN3O. The summed E-state index contributed by atoms with van der Waals surface area (Å²) in [6.07, 6.45) is 4.12. The Morgan fingerprint density at radius 2 is 1.91 bits per heavy atom. The number of nitrogens with two attached hydrogens (primary N) is 1. The van der Waals surface area contributed by atoms with Crippen LogP contribution in [0.2, 0.25) is 0 Å². The summed E-state index contributed by atoms with van der Waals surface area (Å²) in [5.74, 6) is 0.227. The molecule has 0 aliphatic carbocycles. The van der Waals surface area contributed by atoms with Gasteiger partial charge in [0.2, 0.25) is 5.91 Å². The number of carbonyl (C=O) groups is 1. The van der Waals surface area contributed by atoms with Gasteiger partial charge in [0.1, 0.15) is 0 Å². The molecule has 4 nitrogen and oxygen atoms in total. The number of likely N-dealkylation sites (tertiary alicyclic amines) is 1. The van der Waals surface area contributed by atoms with Gasteiger partial charge in [-0.05, 0) is 44.2 Å². The van der Waals surface area contributed by atoms with E-state index in [1.807, 2.05) is 11.0 Å². The van der Waals surface area contributed by atoms with Crippen molar-refractivity contribution in [2.45, 2.75) is 44.7 Å². The third-order valence-electron chi connectivity index (χ3n) is 4.78. The number of amides is 1. The van der Waals surface area contributed by atoms with E-state index in [0.717, 1.165) is 44.5 Å². The van der Waals surface area contributed by atoms with Crippen LogP contribution >= 0.6 is 12.4 Å². The summed E-state index contributed by atoms with van der Waals surface area (Å²) >= 11 is 0. The van der Waals surface area contributed by atoms with Gasteiger partial charge in [0.05, 0.1) is 6.54 Å². The first-order valence-corrected chi connectivity index (χ1v) is 8.03. The molecule has 122 valence electrons. The number of nitrogens with zero attached hydrogens (tertiary/aromatic N) is 2. The van der Waals surface area contributed by atoms with Gasteiger partial charge < -0.3 is 10.6 Å². The Labute approximate surface area is 139 Å². The number of piperidine rings is 1. The molecule has 0 saturated carbocycles. The van der Waals surface area contributed by atoms with Crippen LogP contribution < -0.4 is 10.6 Å². The number of halogens is 1. The topological polar surface area (TPSA) is 49.6 Å². The highest BCUT2D eigenvalue weighted by Gasteiger charge is 2.29.